The van der Waals surface area contributed by atoms with Gasteiger partial charge in [0, 0.05) is 38.6 Å². The van der Waals surface area contributed by atoms with Crippen LogP contribution in [0.5, 0.6) is 0 Å². The van der Waals surface area contributed by atoms with Gasteiger partial charge in [0.25, 0.3) is 0 Å². The third-order valence-corrected chi connectivity index (χ3v) is 5.61. The van der Waals surface area contributed by atoms with E-state index in [1.165, 1.54) is 25.9 Å². The Kier molecular flexibility index (Phi) is 5.89. The van der Waals surface area contributed by atoms with Gasteiger partial charge in [-0.25, -0.2) is 0 Å². The molecule has 0 aromatic carbocycles. The predicted octanol–water partition coefficient (Wildman–Crippen LogP) is 1.15. The van der Waals surface area contributed by atoms with Crippen molar-refractivity contribution in [3.05, 3.63) is 18.5 Å². The SMILES string of the molecule is CN1CCC(N2CCC[C@@H](C(=O)N(C)CCn3cccn3)C2)CC1. The van der Waals surface area contributed by atoms with Gasteiger partial charge in [0.1, 0.15) is 0 Å². The number of amides is 1. The van der Waals surface area contributed by atoms with E-state index in [2.05, 4.69) is 21.9 Å². The van der Waals surface area contributed by atoms with Crippen LogP contribution < -0.4 is 0 Å². The van der Waals surface area contributed by atoms with Crippen molar-refractivity contribution in [3.8, 4) is 0 Å². The van der Waals surface area contributed by atoms with Crippen molar-refractivity contribution in [1.82, 2.24) is 24.5 Å². The smallest absolute Gasteiger partial charge is 0.226 e. The minimum Gasteiger partial charge on any atom is -0.344 e. The summed E-state index contributed by atoms with van der Waals surface area (Å²) in [6.07, 6.45) is 8.39. The molecule has 0 spiro atoms. The number of rotatable bonds is 5. The zero-order valence-corrected chi connectivity index (χ0v) is 15.1. The van der Waals surface area contributed by atoms with Crippen molar-refractivity contribution in [1.29, 1.82) is 0 Å². The number of aromatic nitrogens is 2. The van der Waals surface area contributed by atoms with E-state index in [1.54, 1.807) is 6.20 Å². The summed E-state index contributed by atoms with van der Waals surface area (Å²) < 4.78 is 1.88. The molecule has 1 aromatic heterocycles. The molecule has 6 nitrogen and oxygen atoms in total. The lowest BCUT2D eigenvalue weighted by Gasteiger charge is -2.41. The van der Waals surface area contributed by atoms with E-state index < -0.39 is 0 Å². The molecule has 24 heavy (non-hydrogen) atoms. The number of carbonyl (C=O) groups excluding carboxylic acids is 1. The van der Waals surface area contributed by atoms with E-state index in [1.807, 2.05) is 28.9 Å². The maximum atomic E-state index is 12.8. The first-order valence-corrected chi connectivity index (χ1v) is 9.28. The fourth-order valence-corrected chi connectivity index (χ4v) is 4.01. The topological polar surface area (TPSA) is 44.6 Å². The van der Waals surface area contributed by atoms with E-state index in [4.69, 9.17) is 0 Å². The molecule has 1 amide bonds. The normalized spacial score (nSPS) is 24.2. The summed E-state index contributed by atoms with van der Waals surface area (Å²) in [5.74, 6) is 0.473. The van der Waals surface area contributed by atoms with Gasteiger partial charge in [0.05, 0.1) is 12.5 Å². The summed E-state index contributed by atoms with van der Waals surface area (Å²) in [6.45, 7) is 5.97. The third-order valence-electron chi connectivity index (χ3n) is 5.61. The van der Waals surface area contributed by atoms with Gasteiger partial charge >= 0.3 is 0 Å². The van der Waals surface area contributed by atoms with Gasteiger partial charge in [-0.15, -0.1) is 0 Å². The number of nitrogens with zero attached hydrogens (tertiary/aromatic N) is 5. The van der Waals surface area contributed by atoms with Gasteiger partial charge in [-0.2, -0.15) is 5.10 Å². The van der Waals surface area contributed by atoms with E-state index in [9.17, 15) is 4.79 Å². The van der Waals surface area contributed by atoms with Crippen LogP contribution in [0.1, 0.15) is 25.7 Å². The van der Waals surface area contributed by atoms with Gasteiger partial charge in [0.15, 0.2) is 0 Å². The average Bonchev–Trinajstić information content (AvgIpc) is 3.13. The number of carbonyl (C=O) groups is 1. The molecule has 2 saturated heterocycles. The second-order valence-corrected chi connectivity index (χ2v) is 7.40. The van der Waals surface area contributed by atoms with Crippen molar-refractivity contribution >= 4 is 5.91 Å². The maximum absolute atomic E-state index is 12.8. The highest BCUT2D eigenvalue weighted by Gasteiger charge is 2.32. The summed E-state index contributed by atoms with van der Waals surface area (Å²) in [7, 11) is 4.13. The number of likely N-dealkylation sites (N-methyl/N-ethyl adjacent to an activating group) is 1. The standard InChI is InChI=1S/C18H31N5O/c1-20-11-6-17(7-12-20)22-9-3-5-16(15-22)18(24)21(2)13-14-23-10-4-8-19-23/h4,8,10,16-17H,3,5-7,9,11-15H2,1-2H3/t16-/m1/s1. The fraction of sp³-hybridized carbons (Fsp3) is 0.778. The molecule has 0 aliphatic carbocycles. The number of hydrogen-bond acceptors (Lipinski definition) is 4. The lowest BCUT2D eigenvalue weighted by Crippen LogP contribution is -2.50. The lowest BCUT2D eigenvalue weighted by atomic mass is 9.93. The molecule has 0 N–H and O–H groups in total. The van der Waals surface area contributed by atoms with Crippen molar-refractivity contribution in [2.24, 2.45) is 5.92 Å². The van der Waals surface area contributed by atoms with Crippen molar-refractivity contribution in [2.45, 2.75) is 38.3 Å². The molecule has 3 heterocycles. The summed E-state index contributed by atoms with van der Waals surface area (Å²) in [5.41, 5.74) is 0. The zero-order valence-electron chi connectivity index (χ0n) is 15.1. The number of piperidine rings is 2. The van der Waals surface area contributed by atoms with Crippen LogP contribution in [0.2, 0.25) is 0 Å². The Morgan fingerprint density at radius 2 is 2.04 bits per heavy atom. The summed E-state index contributed by atoms with van der Waals surface area (Å²) in [6, 6.07) is 2.59. The first kappa shape index (κ1) is 17.4. The van der Waals surface area contributed by atoms with Crippen LogP contribution in [0.25, 0.3) is 0 Å². The molecule has 2 aliphatic heterocycles. The molecule has 0 bridgehead atoms. The third kappa shape index (κ3) is 4.36. The Balaban J connectivity index is 1.49. The Morgan fingerprint density at radius 1 is 1.25 bits per heavy atom. The molecule has 6 heteroatoms. The Hall–Kier alpha value is -1.40. The zero-order chi connectivity index (χ0) is 16.9. The number of likely N-dealkylation sites (tertiary alicyclic amines) is 2. The Bertz CT molecular complexity index is 509. The molecular weight excluding hydrogens is 302 g/mol. The van der Waals surface area contributed by atoms with Crippen LogP contribution in [0.3, 0.4) is 0 Å². The van der Waals surface area contributed by atoms with Gasteiger partial charge in [-0.1, -0.05) is 0 Å². The molecule has 1 atom stereocenters. The summed E-state index contributed by atoms with van der Waals surface area (Å²) >= 11 is 0. The van der Waals surface area contributed by atoms with Gasteiger partial charge in [-0.05, 0) is 58.4 Å². The molecule has 0 saturated carbocycles. The minimum absolute atomic E-state index is 0.168. The molecule has 0 unspecified atom stereocenters. The van der Waals surface area contributed by atoms with E-state index in [0.29, 0.717) is 11.9 Å². The van der Waals surface area contributed by atoms with Crippen LogP contribution in [0.15, 0.2) is 18.5 Å². The fourth-order valence-electron chi connectivity index (χ4n) is 4.01. The quantitative estimate of drug-likeness (QED) is 0.811. The van der Waals surface area contributed by atoms with Crippen LogP contribution in [0, 0.1) is 5.92 Å². The summed E-state index contributed by atoms with van der Waals surface area (Å²) in [4.78, 5) is 19.7. The van der Waals surface area contributed by atoms with Crippen molar-refractivity contribution in [2.75, 3.05) is 46.8 Å². The van der Waals surface area contributed by atoms with Crippen LogP contribution in [-0.2, 0) is 11.3 Å². The van der Waals surface area contributed by atoms with E-state index in [0.717, 1.165) is 39.0 Å². The molecule has 2 fully saturated rings. The molecule has 1 aromatic rings. The van der Waals surface area contributed by atoms with Crippen molar-refractivity contribution in [3.63, 3.8) is 0 Å². The van der Waals surface area contributed by atoms with E-state index in [-0.39, 0.29) is 5.92 Å². The monoisotopic (exact) mass is 333 g/mol. The molecular formula is C18H31N5O. The van der Waals surface area contributed by atoms with E-state index >= 15 is 0 Å². The Morgan fingerprint density at radius 3 is 2.75 bits per heavy atom. The second-order valence-electron chi connectivity index (χ2n) is 7.40. The van der Waals surface area contributed by atoms with Gasteiger partial charge in [-0.3, -0.25) is 14.4 Å². The van der Waals surface area contributed by atoms with Crippen LogP contribution >= 0.6 is 0 Å². The molecule has 2 aliphatic rings. The lowest BCUT2D eigenvalue weighted by molar-refractivity contribution is -0.136. The number of hydrogen-bond donors (Lipinski definition) is 0. The molecule has 134 valence electrons. The van der Waals surface area contributed by atoms with Gasteiger partial charge in [0.2, 0.25) is 5.91 Å². The first-order valence-electron chi connectivity index (χ1n) is 9.28. The predicted molar refractivity (Wildman–Crippen MR) is 94.7 cm³/mol. The van der Waals surface area contributed by atoms with Crippen LogP contribution in [0.4, 0.5) is 0 Å². The largest absolute Gasteiger partial charge is 0.344 e. The maximum Gasteiger partial charge on any atom is 0.226 e. The highest BCUT2D eigenvalue weighted by atomic mass is 16.2. The van der Waals surface area contributed by atoms with Crippen molar-refractivity contribution < 1.29 is 4.79 Å². The first-order chi connectivity index (χ1) is 11.6. The second kappa shape index (κ2) is 8.12. The molecule has 3 rings (SSSR count). The Labute approximate surface area is 145 Å². The molecule has 0 radical (unpaired) electrons. The van der Waals surface area contributed by atoms with Gasteiger partial charge < -0.3 is 9.80 Å². The van der Waals surface area contributed by atoms with Crippen LogP contribution in [-0.4, -0.2) is 83.2 Å². The highest BCUT2D eigenvalue weighted by molar-refractivity contribution is 5.78. The minimum atomic E-state index is 0.168. The highest BCUT2D eigenvalue weighted by Crippen LogP contribution is 2.24. The average molecular weight is 333 g/mol. The summed E-state index contributed by atoms with van der Waals surface area (Å²) in [5, 5.41) is 4.21.